The zero-order valence-corrected chi connectivity index (χ0v) is 12.2. The Labute approximate surface area is 111 Å². The molecule has 2 N–H and O–H groups in total. The minimum atomic E-state index is -0.340. The summed E-state index contributed by atoms with van der Waals surface area (Å²) < 4.78 is 10.7. The van der Waals surface area contributed by atoms with E-state index in [1.165, 1.54) is 0 Å². The van der Waals surface area contributed by atoms with Crippen LogP contribution >= 0.6 is 0 Å². The number of nitrogens with one attached hydrogen (secondary N) is 1. The SMILES string of the molecule is CCNCC(O)CN(CCOCC)CCOCC. The summed E-state index contributed by atoms with van der Waals surface area (Å²) in [6.45, 7) is 12.8. The number of aliphatic hydroxyl groups is 1. The van der Waals surface area contributed by atoms with Crippen LogP contribution in [0, 0.1) is 0 Å². The van der Waals surface area contributed by atoms with Crippen molar-refractivity contribution in [3.05, 3.63) is 0 Å². The number of hydrogen-bond acceptors (Lipinski definition) is 5. The molecule has 0 spiro atoms. The van der Waals surface area contributed by atoms with Gasteiger partial charge in [0.1, 0.15) is 0 Å². The molecule has 18 heavy (non-hydrogen) atoms. The van der Waals surface area contributed by atoms with Gasteiger partial charge in [-0.2, -0.15) is 0 Å². The van der Waals surface area contributed by atoms with E-state index in [0.717, 1.165) is 32.8 Å². The molecule has 0 aliphatic heterocycles. The topological polar surface area (TPSA) is 54.0 Å². The first kappa shape index (κ1) is 17.8. The highest BCUT2D eigenvalue weighted by Crippen LogP contribution is 1.94. The third-order valence-corrected chi connectivity index (χ3v) is 2.61. The number of likely N-dealkylation sites (N-methyl/N-ethyl adjacent to an activating group) is 1. The van der Waals surface area contributed by atoms with E-state index in [2.05, 4.69) is 10.2 Å². The highest BCUT2D eigenvalue weighted by atomic mass is 16.5. The number of hydrogen-bond donors (Lipinski definition) is 2. The van der Waals surface area contributed by atoms with Crippen LogP contribution in [0.1, 0.15) is 20.8 Å². The largest absolute Gasteiger partial charge is 0.390 e. The van der Waals surface area contributed by atoms with E-state index >= 15 is 0 Å². The molecule has 0 rings (SSSR count). The molecule has 0 aliphatic rings. The Hall–Kier alpha value is -0.200. The van der Waals surface area contributed by atoms with E-state index in [1.807, 2.05) is 20.8 Å². The van der Waals surface area contributed by atoms with Gasteiger partial charge in [0.25, 0.3) is 0 Å². The zero-order chi connectivity index (χ0) is 13.6. The molecule has 1 unspecified atom stereocenters. The summed E-state index contributed by atoms with van der Waals surface area (Å²) >= 11 is 0. The maximum absolute atomic E-state index is 9.88. The van der Waals surface area contributed by atoms with Crippen molar-refractivity contribution in [2.75, 3.05) is 59.2 Å². The molecule has 0 fully saturated rings. The molecule has 5 heteroatoms. The molecule has 0 aromatic heterocycles. The molecule has 0 saturated carbocycles. The maximum Gasteiger partial charge on any atom is 0.0791 e. The number of nitrogens with zero attached hydrogens (tertiary/aromatic N) is 1. The standard InChI is InChI=1S/C13H30N2O3/c1-4-14-11-13(16)12-15(7-9-17-5-2)8-10-18-6-3/h13-14,16H,4-12H2,1-3H3. The van der Waals surface area contributed by atoms with Crippen LogP contribution in [0.5, 0.6) is 0 Å². The van der Waals surface area contributed by atoms with Gasteiger partial charge in [0, 0.05) is 39.4 Å². The van der Waals surface area contributed by atoms with Gasteiger partial charge >= 0.3 is 0 Å². The van der Waals surface area contributed by atoms with Gasteiger partial charge in [0.2, 0.25) is 0 Å². The Morgan fingerprint density at radius 1 is 1.06 bits per heavy atom. The second-order valence-electron chi connectivity index (χ2n) is 4.16. The molecule has 0 radical (unpaired) electrons. The lowest BCUT2D eigenvalue weighted by Crippen LogP contribution is -2.41. The first-order chi connectivity index (χ1) is 8.74. The van der Waals surface area contributed by atoms with Crippen LogP contribution in [0.4, 0.5) is 0 Å². The van der Waals surface area contributed by atoms with Gasteiger partial charge in [-0.3, -0.25) is 4.90 Å². The van der Waals surface area contributed by atoms with Crippen molar-refractivity contribution in [2.45, 2.75) is 26.9 Å². The normalized spacial score (nSPS) is 13.2. The van der Waals surface area contributed by atoms with Gasteiger partial charge in [-0.05, 0) is 20.4 Å². The smallest absolute Gasteiger partial charge is 0.0791 e. The van der Waals surface area contributed by atoms with Crippen molar-refractivity contribution in [2.24, 2.45) is 0 Å². The van der Waals surface area contributed by atoms with E-state index in [-0.39, 0.29) is 6.10 Å². The van der Waals surface area contributed by atoms with E-state index < -0.39 is 0 Å². The van der Waals surface area contributed by atoms with Gasteiger partial charge in [-0.1, -0.05) is 6.92 Å². The van der Waals surface area contributed by atoms with Crippen LogP contribution in [-0.2, 0) is 9.47 Å². The van der Waals surface area contributed by atoms with Crippen molar-refractivity contribution in [1.29, 1.82) is 0 Å². The monoisotopic (exact) mass is 262 g/mol. The van der Waals surface area contributed by atoms with Crippen LogP contribution < -0.4 is 5.32 Å². The summed E-state index contributed by atoms with van der Waals surface area (Å²) in [5.41, 5.74) is 0. The van der Waals surface area contributed by atoms with Crippen molar-refractivity contribution in [3.63, 3.8) is 0 Å². The Morgan fingerprint density at radius 3 is 2.06 bits per heavy atom. The molecule has 1 atom stereocenters. The third-order valence-electron chi connectivity index (χ3n) is 2.61. The number of aliphatic hydroxyl groups excluding tert-OH is 1. The van der Waals surface area contributed by atoms with E-state index in [4.69, 9.17) is 9.47 Å². The minimum Gasteiger partial charge on any atom is -0.390 e. The Balaban J connectivity index is 3.85. The van der Waals surface area contributed by atoms with E-state index in [1.54, 1.807) is 0 Å². The maximum atomic E-state index is 9.88. The second-order valence-corrected chi connectivity index (χ2v) is 4.16. The predicted molar refractivity (Wildman–Crippen MR) is 74.0 cm³/mol. The highest BCUT2D eigenvalue weighted by Gasteiger charge is 2.11. The predicted octanol–water partition coefficient (Wildman–Crippen LogP) is 0.332. The van der Waals surface area contributed by atoms with E-state index in [9.17, 15) is 5.11 Å². The highest BCUT2D eigenvalue weighted by molar-refractivity contribution is 4.66. The molecule has 0 aromatic carbocycles. The minimum absolute atomic E-state index is 0.340. The molecule has 0 amide bonds. The third kappa shape index (κ3) is 10.9. The molecule has 0 saturated heterocycles. The van der Waals surface area contributed by atoms with Gasteiger partial charge in [-0.25, -0.2) is 0 Å². The fourth-order valence-corrected chi connectivity index (χ4v) is 1.64. The zero-order valence-electron chi connectivity index (χ0n) is 12.2. The first-order valence-corrected chi connectivity index (χ1v) is 7.01. The number of rotatable bonds is 13. The molecule has 0 aromatic rings. The summed E-state index contributed by atoms with van der Waals surface area (Å²) in [5.74, 6) is 0. The van der Waals surface area contributed by atoms with Crippen molar-refractivity contribution < 1.29 is 14.6 Å². The summed E-state index contributed by atoms with van der Waals surface area (Å²) in [6, 6.07) is 0. The van der Waals surface area contributed by atoms with Crippen molar-refractivity contribution in [3.8, 4) is 0 Å². The summed E-state index contributed by atoms with van der Waals surface area (Å²) in [5, 5.41) is 13.0. The van der Waals surface area contributed by atoms with Crippen LogP contribution in [0.25, 0.3) is 0 Å². The van der Waals surface area contributed by atoms with Crippen LogP contribution in [-0.4, -0.2) is 75.3 Å². The summed E-state index contributed by atoms with van der Waals surface area (Å²) in [6.07, 6.45) is -0.340. The summed E-state index contributed by atoms with van der Waals surface area (Å²) in [4.78, 5) is 2.19. The molecular formula is C13H30N2O3. The second kappa shape index (κ2) is 13.2. The van der Waals surface area contributed by atoms with Gasteiger partial charge < -0.3 is 19.9 Å². The Kier molecular flexibility index (Phi) is 13.1. The first-order valence-electron chi connectivity index (χ1n) is 7.01. The van der Waals surface area contributed by atoms with Crippen LogP contribution in [0.2, 0.25) is 0 Å². The molecule has 110 valence electrons. The van der Waals surface area contributed by atoms with Gasteiger partial charge in [-0.15, -0.1) is 0 Å². The molecular weight excluding hydrogens is 232 g/mol. The van der Waals surface area contributed by atoms with Crippen LogP contribution in [0.3, 0.4) is 0 Å². The fraction of sp³-hybridized carbons (Fsp3) is 1.00. The molecule has 0 heterocycles. The Bertz CT molecular complexity index is 160. The van der Waals surface area contributed by atoms with Crippen LogP contribution in [0.15, 0.2) is 0 Å². The van der Waals surface area contributed by atoms with Crippen molar-refractivity contribution in [1.82, 2.24) is 10.2 Å². The lowest BCUT2D eigenvalue weighted by atomic mass is 10.3. The molecule has 5 nitrogen and oxygen atoms in total. The lowest BCUT2D eigenvalue weighted by Gasteiger charge is -2.25. The Morgan fingerprint density at radius 2 is 1.61 bits per heavy atom. The molecule has 0 aliphatic carbocycles. The van der Waals surface area contributed by atoms with Gasteiger partial charge in [0.15, 0.2) is 0 Å². The molecule has 0 bridgehead atoms. The average molecular weight is 262 g/mol. The van der Waals surface area contributed by atoms with Crippen molar-refractivity contribution >= 4 is 0 Å². The summed E-state index contributed by atoms with van der Waals surface area (Å²) in [7, 11) is 0. The van der Waals surface area contributed by atoms with E-state index in [0.29, 0.717) is 26.3 Å². The average Bonchev–Trinajstić information content (AvgIpc) is 2.36. The number of ether oxygens (including phenoxy) is 2. The fourth-order valence-electron chi connectivity index (χ4n) is 1.64. The lowest BCUT2D eigenvalue weighted by molar-refractivity contribution is 0.0537. The van der Waals surface area contributed by atoms with Gasteiger partial charge in [0.05, 0.1) is 19.3 Å². The quantitative estimate of drug-likeness (QED) is 0.469.